The van der Waals surface area contributed by atoms with Crippen LogP contribution in [0.15, 0.2) is 30.6 Å². The van der Waals surface area contributed by atoms with E-state index >= 15 is 4.39 Å². The van der Waals surface area contributed by atoms with Gasteiger partial charge in [-0.2, -0.15) is 10.4 Å². The number of nitrogens with zero attached hydrogens (tertiary/aromatic N) is 7. The molecule has 3 saturated carbocycles. The van der Waals surface area contributed by atoms with Crippen molar-refractivity contribution in [2.45, 2.75) is 77.0 Å². The Bertz CT molecular complexity index is 1380. The molecule has 1 N–H and O–H groups in total. The number of nitriles is 1. The van der Waals surface area contributed by atoms with E-state index in [9.17, 15) is 9.50 Å². The van der Waals surface area contributed by atoms with Gasteiger partial charge in [0.2, 0.25) is 0 Å². The molecule has 8 nitrogen and oxygen atoms in total. The fourth-order valence-electron chi connectivity index (χ4n) is 6.70. The van der Waals surface area contributed by atoms with Crippen molar-refractivity contribution in [1.29, 1.82) is 5.26 Å². The van der Waals surface area contributed by atoms with Crippen molar-refractivity contribution < 1.29 is 13.9 Å². The van der Waals surface area contributed by atoms with Crippen molar-refractivity contribution in [2.24, 2.45) is 10.8 Å². The van der Waals surface area contributed by atoms with Crippen LogP contribution in [0.25, 0.3) is 17.1 Å². The third kappa shape index (κ3) is 4.10. The molecule has 4 atom stereocenters. The molecule has 2 aromatic heterocycles. The normalized spacial score (nSPS) is 29.1. The van der Waals surface area contributed by atoms with E-state index in [-0.39, 0.29) is 40.2 Å². The summed E-state index contributed by atoms with van der Waals surface area (Å²) in [6.45, 7) is 4.40. The van der Waals surface area contributed by atoms with Crippen LogP contribution in [-0.2, 0) is 0 Å². The first kappa shape index (κ1) is 23.8. The summed E-state index contributed by atoms with van der Waals surface area (Å²) < 4.78 is 31.0. The molecule has 3 fully saturated rings. The summed E-state index contributed by atoms with van der Waals surface area (Å²) in [5.41, 5.74) is 0.220. The second kappa shape index (κ2) is 8.47. The van der Waals surface area contributed by atoms with Crippen molar-refractivity contribution in [1.82, 2.24) is 25.0 Å². The molecule has 0 unspecified atom stereocenters. The van der Waals surface area contributed by atoms with Gasteiger partial charge in [0, 0.05) is 17.5 Å². The van der Waals surface area contributed by atoms with Crippen molar-refractivity contribution in [3.63, 3.8) is 0 Å². The topological polar surface area (TPSA) is 104 Å². The summed E-state index contributed by atoms with van der Waals surface area (Å²) in [6, 6.07) is 6.28. The molecule has 37 heavy (non-hydrogen) atoms. The van der Waals surface area contributed by atoms with Crippen LogP contribution in [-0.4, -0.2) is 48.3 Å². The fourth-order valence-corrected chi connectivity index (χ4v) is 6.70. The Morgan fingerprint density at radius 3 is 2.68 bits per heavy atom. The number of aromatic hydroxyl groups is 1. The summed E-state index contributed by atoms with van der Waals surface area (Å²) >= 11 is 0. The molecule has 0 saturated heterocycles. The van der Waals surface area contributed by atoms with E-state index in [1.165, 1.54) is 10.7 Å². The predicted molar refractivity (Wildman–Crippen MR) is 132 cm³/mol. The maximum atomic E-state index is 16.0. The fraction of sp³-hybridized carbons (Fsp3) is 0.519. The number of anilines is 1. The smallest absolute Gasteiger partial charge is 0.198 e. The van der Waals surface area contributed by atoms with Crippen LogP contribution in [0.5, 0.6) is 5.75 Å². The van der Waals surface area contributed by atoms with Crippen LogP contribution in [0.1, 0.15) is 64.5 Å². The lowest BCUT2D eigenvalue weighted by molar-refractivity contribution is -0.0554. The Morgan fingerprint density at radius 1 is 1.22 bits per heavy atom. The average Bonchev–Trinajstić information content (AvgIpc) is 3.63. The van der Waals surface area contributed by atoms with Gasteiger partial charge >= 0.3 is 0 Å². The van der Waals surface area contributed by atoms with Crippen LogP contribution in [0.2, 0.25) is 0 Å². The average molecular weight is 506 g/mol. The Hall–Kier alpha value is -3.61. The van der Waals surface area contributed by atoms with Crippen molar-refractivity contribution >= 4 is 5.82 Å². The van der Waals surface area contributed by atoms with Crippen molar-refractivity contribution in [2.75, 3.05) is 4.90 Å². The van der Waals surface area contributed by atoms with Crippen molar-refractivity contribution in [3.8, 4) is 28.9 Å². The molecule has 1 aromatic carbocycles. The van der Waals surface area contributed by atoms with Gasteiger partial charge in [-0.15, -0.1) is 10.2 Å². The van der Waals surface area contributed by atoms with Crippen LogP contribution < -0.4 is 4.90 Å². The summed E-state index contributed by atoms with van der Waals surface area (Å²) in [5, 5.41) is 32.2. The monoisotopic (exact) mass is 505 g/mol. The van der Waals surface area contributed by atoms with Crippen LogP contribution >= 0.6 is 0 Å². The summed E-state index contributed by atoms with van der Waals surface area (Å²) in [5.74, 6) is -0.0813. The lowest BCUT2D eigenvalue weighted by Gasteiger charge is -2.56. The van der Waals surface area contributed by atoms with E-state index in [2.05, 4.69) is 39.0 Å². The largest absolute Gasteiger partial charge is 0.507 e. The Labute approximate surface area is 214 Å². The van der Waals surface area contributed by atoms with Gasteiger partial charge in [0.25, 0.3) is 0 Å². The third-order valence-corrected chi connectivity index (χ3v) is 8.44. The number of alkyl halides is 1. The molecule has 0 radical (unpaired) electrons. The Kier molecular flexibility index (Phi) is 5.44. The SMILES string of the molecule is C[C@@]12CCC[C@@](C)(C1)[C@@H](F)[C@@H](N(c1cnc(-c3ccc(-n4cc(F)c(C#N)n4)cc3O)nn1)C1CC1)C2. The van der Waals surface area contributed by atoms with E-state index in [0.717, 1.165) is 51.1 Å². The van der Waals surface area contributed by atoms with Crippen LogP contribution in [0.3, 0.4) is 0 Å². The highest BCUT2D eigenvalue weighted by Crippen LogP contribution is 2.58. The maximum absolute atomic E-state index is 16.0. The predicted octanol–water partition coefficient (Wildman–Crippen LogP) is 5.11. The Balaban J connectivity index is 1.28. The second-order valence-electron chi connectivity index (χ2n) is 11.5. The molecule has 3 aromatic rings. The van der Waals surface area contributed by atoms with E-state index < -0.39 is 12.0 Å². The van der Waals surface area contributed by atoms with Gasteiger partial charge in [-0.3, -0.25) is 0 Å². The van der Waals surface area contributed by atoms with E-state index in [0.29, 0.717) is 17.1 Å². The van der Waals surface area contributed by atoms with Gasteiger partial charge in [0.1, 0.15) is 18.0 Å². The van der Waals surface area contributed by atoms with Gasteiger partial charge in [-0.25, -0.2) is 18.4 Å². The molecule has 192 valence electrons. The molecular weight excluding hydrogens is 476 g/mol. The number of aromatic nitrogens is 5. The van der Waals surface area contributed by atoms with E-state index in [4.69, 9.17) is 5.26 Å². The van der Waals surface area contributed by atoms with Gasteiger partial charge in [0.15, 0.2) is 23.2 Å². The zero-order valence-electron chi connectivity index (χ0n) is 20.9. The van der Waals surface area contributed by atoms with E-state index in [1.807, 2.05) is 0 Å². The number of phenolic OH excluding ortho intramolecular Hbond substituents is 1. The first-order valence-corrected chi connectivity index (χ1v) is 12.8. The highest BCUT2D eigenvalue weighted by Gasteiger charge is 2.56. The number of phenols is 1. The van der Waals surface area contributed by atoms with Gasteiger partial charge < -0.3 is 10.0 Å². The molecule has 2 bridgehead atoms. The summed E-state index contributed by atoms with van der Waals surface area (Å²) in [7, 11) is 0. The summed E-state index contributed by atoms with van der Waals surface area (Å²) in [6.07, 6.45) is 8.62. The third-order valence-electron chi connectivity index (χ3n) is 8.44. The molecule has 6 rings (SSSR count). The molecule has 3 aliphatic carbocycles. The number of hydrogen-bond acceptors (Lipinski definition) is 7. The second-order valence-corrected chi connectivity index (χ2v) is 11.5. The lowest BCUT2D eigenvalue weighted by Crippen LogP contribution is -2.58. The van der Waals surface area contributed by atoms with Crippen LogP contribution in [0.4, 0.5) is 14.6 Å². The number of halogens is 2. The zero-order valence-corrected chi connectivity index (χ0v) is 20.9. The molecular formula is C27H29F2N7O. The molecule has 3 aliphatic rings. The van der Waals surface area contributed by atoms with E-state index in [1.54, 1.807) is 24.4 Å². The zero-order chi connectivity index (χ0) is 25.9. The minimum atomic E-state index is -0.937. The molecule has 0 spiro atoms. The summed E-state index contributed by atoms with van der Waals surface area (Å²) in [4.78, 5) is 6.60. The van der Waals surface area contributed by atoms with Gasteiger partial charge in [0.05, 0.1) is 29.7 Å². The molecule has 0 amide bonds. The highest BCUT2D eigenvalue weighted by atomic mass is 19.1. The van der Waals surface area contributed by atoms with Crippen molar-refractivity contribution in [3.05, 3.63) is 42.1 Å². The number of rotatable bonds is 5. The molecule has 0 aliphatic heterocycles. The number of benzene rings is 1. The quantitative estimate of drug-likeness (QED) is 0.514. The maximum Gasteiger partial charge on any atom is 0.198 e. The highest BCUT2D eigenvalue weighted by molar-refractivity contribution is 5.66. The van der Waals surface area contributed by atoms with Gasteiger partial charge in [-0.1, -0.05) is 20.3 Å². The first-order chi connectivity index (χ1) is 17.7. The van der Waals surface area contributed by atoms with Gasteiger partial charge in [-0.05, 0) is 56.1 Å². The number of fused-ring (bicyclic) bond motifs is 2. The molecule has 2 heterocycles. The standard InChI is InChI=1S/C27H29F2N7O/c1-26-8-3-9-27(2,15-26)24(29)21(11-26)36(16-4-5-16)23-13-31-25(33-32-23)18-7-6-17(10-22(18)37)35-14-19(28)20(12-30)34-35/h6-7,10,13-14,16,21,24,37H,3-5,8-9,11,15H2,1-2H3/t21-,24-,26-,27-/m0/s1. The molecule has 10 heteroatoms. The first-order valence-electron chi connectivity index (χ1n) is 12.8. The van der Waals surface area contributed by atoms with Crippen LogP contribution in [0, 0.1) is 28.0 Å². The Morgan fingerprint density at radius 2 is 2.03 bits per heavy atom. The number of hydrogen-bond donors (Lipinski definition) is 1. The minimum Gasteiger partial charge on any atom is -0.507 e. The minimum absolute atomic E-state index is 0.132. The lowest BCUT2D eigenvalue weighted by atomic mass is 9.54.